The fraction of sp³-hybridized carbons (Fsp3) is 0.294. The third kappa shape index (κ3) is 3.67. The molecule has 0 aliphatic heterocycles. The van der Waals surface area contributed by atoms with E-state index >= 15 is 0 Å². The van der Waals surface area contributed by atoms with Crippen LogP contribution < -0.4 is 10.6 Å². The zero-order chi connectivity index (χ0) is 14.5. The van der Waals surface area contributed by atoms with E-state index in [-0.39, 0.29) is 0 Å². The van der Waals surface area contributed by atoms with Gasteiger partial charge in [0, 0.05) is 29.5 Å². The zero-order valence-corrected chi connectivity index (χ0v) is 13.0. The van der Waals surface area contributed by atoms with Gasteiger partial charge in [0.1, 0.15) is 0 Å². The monoisotopic (exact) mass is 288 g/mol. The lowest BCUT2D eigenvalue weighted by atomic mass is 10.1. The molecule has 2 aromatic carbocycles. The summed E-state index contributed by atoms with van der Waals surface area (Å²) in [5.41, 5.74) is 6.10. The van der Waals surface area contributed by atoms with E-state index in [4.69, 9.17) is 11.6 Å². The molecule has 0 aromatic heterocycles. The molecule has 0 saturated carbocycles. The van der Waals surface area contributed by atoms with E-state index in [0.29, 0.717) is 0 Å². The molecule has 0 bridgehead atoms. The van der Waals surface area contributed by atoms with Gasteiger partial charge in [0.25, 0.3) is 0 Å². The van der Waals surface area contributed by atoms with Gasteiger partial charge in [-0.05, 0) is 49.6 Å². The van der Waals surface area contributed by atoms with Crippen molar-refractivity contribution in [2.24, 2.45) is 0 Å². The summed E-state index contributed by atoms with van der Waals surface area (Å²) in [6, 6.07) is 12.3. The first-order chi connectivity index (χ1) is 9.58. The first kappa shape index (κ1) is 14.7. The number of rotatable bonds is 5. The number of hydrogen-bond donors (Lipinski definition) is 2. The van der Waals surface area contributed by atoms with E-state index in [0.717, 1.165) is 23.8 Å². The molecule has 2 aromatic rings. The van der Waals surface area contributed by atoms with E-state index in [9.17, 15) is 0 Å². The van der Waals surface area contributed by atoms with Gasteiger partial charge in [0.2, 0.25) is 0 Å². The van der Waals surface area contributed by atoms with Gasteiger partial charge in [0.05, 0.1) is 0 Å². The van der Waals surface area contributed by atoms with Crippen LogP contribution in [-0.4, -0.2) is 13.1 Å². The van der Waals surface area contributed by atoms with Crippen LogP contribution in [0.15, 0.2) is 36.4 Å². The standard InChI is InChI=1S/C17H21ClN2/c1-12-7-8-15(18)11-16(12)19-9-10-20-17-13(2)5-4-6-14(17)3/h4-8,11,19-20H,9-10H2,1-3H3. The molecule has 0 heterocycles. The van der Waals surface area contributed by atoms with Crippen LogP contribution in [0.4, 0.5) is 11.4 Å². The molecular formula is C17H21ClN2. The highest BCUT2D eigenvalue weighted by Crippen LogP contribution is 2.21. The van der Waals surface area contributed by atoms with Gasteiger partial charge in [-0.25, -0.2) is 0 Å². The maximum Gasteiger partial charge on any atom is 0.0426 e. The number of benzene rings is 2. The van der Waals surface area contributed by atoms with Crippen molar-refractivity contribution in [3.63, 3.8) is 0 Å². The summed E-state index contributed by atoms with van der Waals surface area (Å²) in [5.74, 6) is 0. The summed E-state index contributed by atoms with van der Waals surface area (Å²) >= 11 is 6.01. The minimum Gasteiger partial charge on any atom is -0.383 e. The Morgan fingerprint density at radius 2 is 1.50 bits per heavy atom. The average Bonchev–Trinajstić information content (AvgIpc) is 2.41. The molecular weight excluding hydrogens is 268 g/mol. The molecule has 2 nitrogen and oxygen atoms in total. The minimum atomic E-state index is 0.765. The highest BCUT2D eigenvalue weighted by atomic mass is 35.5. The van der Waals surface area contributed by atoms with Crippen molar-refractivity contribution in [1.29, 1.82) is 0 Å². The molecule has 0 unspecified atom stereocenters. The van der Waals surface area contributed by atoms with Crippen molar-refractivity contribution in [2.45, 2.75) is 20.8 Å². The molecule has 0 aliphatic carbocycles. The van der Waals surface area contributed by atoms with Crippen molar-refractivity contribution >= 4 is 23.0 Å². The van der Waals surface area contributed by atoms with E-state index in [1.807, 2.05) is 18.2 Å². The number of para-hydroxylation sites is 1. The number of halogens is 1. The van der Waals surface area contributed by atoms with Gasteiger partial charge in [-0.15, -0.1) is 0 Å². The summed E-state index contributed by atoms with van der Waals surface area (Å²) in [4.78, 5) is 0. The second kappa shape index (κ2) is 6.67. The van der Waals surface area contributed by atoms with Crippen molar-refractivity contribution in [3.05, 3.63) is 58.1 Å². The molecule has 0 spiro atoms. The first-order valence-electron chi connectivity index (χ1n) is 6.88. The van der Waals surface area contributed by atoms with Crippen LogP contribution in [0.1, 0.15) is 16.7 Å². The van der Waals surface area contributed by atoms with Crippen LogP contribution in [0, 0.1) is 20.8 Å². The quantitative estimate of drug-likeness (QED) is 0.773. The summed E-state index contributed by atoms with van der Waals surface area (Å²) in [6.45, 7) is 8.07. The van der Waals surface area contributed by atoms with Crippen LogP contribution >= 0.6 is 11.6 Å². The summed E-state index contributed by atoms with van der Waals surface area (Å²) in [6.07, 6.45) is 0. The predicted molar refractivity (Wildman–Crippen MR) is 89.1 cm³/mol. The average molecular weight is 289 g/mol. The van der Waals surface area contributed by atoms with Crippen LogP contribution in [0.5, 0.6) is 0 Å². The molecule has 0 atom stereocenters. The van der Waals surface area contributed by atoms with Crippen molar-refractivity contribution in [2.75, 3.05) is 23.7 Å². The van der Waals surface area contributed by atoms with Crippen molar-refractivity contribution in [3.8, 4) is 0 Å². The van der Waals surface area contributed by atoms with E-state index in [1.165, 1.54) is 22.4 Å². The molecule has 2 rings (SSSR count). The zero-order valence-electron chi connectivity index (χ0n) is 12.3. The Morgan fingerprint density at radius 1 is 0.850 bits per heavy atom. The van der Waals surface area contributed by atoms with Crippen molar-refractivity contribution in [1.82, 2.24) is 0 Å². The Labute approximate surface area is 126 Å². The molecule has 0 amide bonds. The maximum absolute atomic E-state index is 6.01. The number of nitrogens with one attached hydrogen (secondary N) is 2. The fourth-order valence-electron chi connectivity index (χ4n) is 2.26. The van der Waals surface area contributed by atoms with E-state index in [1.54, 1.807) is 0 Å². The SMILES string of the molecule is Cc1ccc(Cl)cc1NCCNc1c(C)cccc1C. The van der Waals surface area contributed by atoms with Gasteiger partial charge in [-0.2, -0.15) is 0 Å². The first-order valence-corrected chi connectivity index (χ1v) is 7.26. The van der Waals surface area contributed by atoms with Crippen LogP contribution in [0.3, 0.4) is 0 Å². The summed E-state index contributed by atoms with van der Waals surface area (Å²) in [5, 5.41) is 7.67. The molecule has 0 fully saturated rings. The number of hydrogen-bond acceptors (Lipinski definition) is 2. The Morgan fingerprint density at radius 3 is 2.20 bits per heavy atom. The van der Waals surface area contributed by atoms with Crippen LogP contribution in [0.2, 0.25) is 5.02 Å². The highest BCUT2D eigenvalue weighted by molar-refractivity contribution is 6.30. The van der Waals surface area contributed by atoms with Gasteiger partial charge < -0.3 is 10.6 Å². The third-order valence-corrected chi connectivity index (χ3v) is 3.66. The number of anilines is 2. The molecule has 20 heavy (non-hydrogen) atoms. The molecule has 2 N–H and O–H groups in total. The smallest absolute Gasteiger partial charge is 0.0426 e. The Balaban J connectivity index is 1.89. The van der Waals surface area contributed by atoms with Gasteiger partial charge in [0.15, 0.2) is 0 Å². The lowest BCUT2D eigenvalue weighted by Crippen LogP contribution is -2.15. The minimum absolute atomic E-state index is 0.765. The lowest BCUT2D eigenvalue weighted by molar-refractivity contribution is 1.07. The van der Waals surface area contributed by atoms with Gasteiger partial charge >= 0.3 is 0 Å². The van der Waals surface area contributed by atoms with Crippen LogP contribution in [-0.2, 0) is 0 Å². The van der Waals surface area contributed by atoms with Gasteiger partial charge in [-0.1, -0.05) is 35.9 Å². The molecule has 3 heteroatoms. The summed E-state index contributed by atoms with van der Waals surface area (Å²) < 4.78 is 0. The second-order valence-corrected chi connectivity index (χ2v) is 5.52. The van der Waals surface area contributed by atoms with E-state index in [2.05, 4.69) is 49.6 Å². The lowest BCUT2D eigenvalue weighted by Gasteiger charge is -2.14. The molecule has 0 saturated heterocycles. The van der Waals surface area contributed by atoms with E-state index < -0.39 is 0 Å². The second-order valence-electron chi connectivity index (χ2n) is 5.08. The predicted octanol–water partition coefficient (Wildman–Crippen LogP) is 4.79. The molecule has 0 radical (unpaired) electrons. The Kier molecular flexibility index (Phi) is 4.91. The fourth-order valence-corrected chi connectivity index (χ4v) is 2.43. The normalized spacial score (nSPS) is 10.4. The largest absolute Gasteiger partial charge is 0.383 e. The van der Waals surface area contributed by atoms with Gasteiger partial charge in [-0.3, -0.25) is 0 Å². The molecule has 106 valence electrons. The van der Waals surface area contributed by atoms with Crippen LogP contribution in [0.25, 0.3) is 0 Å². The Hall–Kier alpha value is -1.67. The summed E-state index contributed by atoms with van der Waals surface area (Å²) in [7, 11) is 0. The maximum atomic E-state index is 6.01. The third-order valence-electron chi connectivity index (χ3n) is 3.42. The highest BCUT2D eigenvalue weighted by Gasteiger charge is 2.01. The van der Waals surface area contributed by atoms with Crippen molar-refractivity contribution < 1.29 is 0 Å². The Bertz CT molecular complexity index is 573. The number of aryl methyl sites for hydroxylation is 3. The topological polar surface area (TPSA) is 24.1 Å². The molecule has 0 aliphatic rings.